The summed E-state index contributed by atoms with van der Waals surface area (Å²) in [7, 11) is 0. The number of likely N-dealkylation sites (tertiary alicyclic amines) is 1. The molecule has 0 radical (unpaired) electrons. The lowest BCUT2D eigenvalue weighted by atomic mass is 10.0. The summed E-state index contributed by atoms with van der Waals surface area (Å²) >= 11 is 6.37. The molecule has 1 aliphatic heterocycles. The fraction of sp³-hybridized carbons (Fsp3) is 0.333. The van der Waals surface area contributed by atoms with Gasteiger partial charge in [0, 0.05) is 16.5 Å². The van der Waals surface area contributed by atoms with E-state index >= 15 is 0 Å². The maximum absolute atomic E-state index is 14.9. The van der Waals surface area contributed by atoms with Gasteiger partial charge in [0.05, 0.1) is 24.7 Å². The van der Waals surface area contributed by atoms with Crippen LogP contribution in [0.25, 0.3) is 22.1 Å². The second kappa shape index (κ2) is 8.67. The van der Waals surface area contributed by atoms with E-state index in [4.69, 9.17) is 20.8 Å². The summed E-state index contributed by atoms with van der Waals surface area (Å²) in [5, 5.41) is 3.52. The van der Waals surface area contributed by atoms with Crippen LogP contribution in [0.3, 0.4) is 0 Å². The first kappa shape index (κ1) is 23.0. The number of carbonyl (C=O) groups is 2. The van der Waals surface area contributed by atoms with Crippen molar-refractivity contribution in [1.82, 2.24) is 10.2 Å². The maximum atomic E-state index is 14.9. The van der Waals surface area contributed by atoms with E-state index in [0.29, 0.717) is 22.3 Å². The fourth-order valence-electron chi connectivity index (χ4n) is 3.54. The zero-order chi connectivity index (χ0) is 23.9. The molecule has 1 aliphatic rings. The Morgan fingerprint density at radius 2 is 1.94 bits per heavy atom. The normalized spacial score (nSPS) is 14.3. The summed E-state index contributed by atoms with van der Waals surface area (Å²) in [4.78, 5) is 25.5. The largest absolute Gasteiger partial charge is 0.458 e. The fourth-order valence-corrected chi connectivity index (χ4v) is 3.80. The minimum atomic E-state index is -1.02. The minimum absolute atomic E-state index is 0.0279. The Kier molecular flexibility index (Phi) is 6.05. The van der Waals surface area contributed by atoms with Crippen molar-refractivity contribution < 1.29 is 27.5 Å². The Morgan fingerprint density at radius 1 is 1.21 bits per heavy atom. The highest BCUT2D eigenvalue weighted by Crippen LogP contribution is 2.34. The van der Waals surface area contributed by atoms with Crippen molar-refractivity contribution >= 4 is 34.6 Å². The van der Waals surface area contributed by atoms with Crippen molar-refractivity contribution in [2.24, 2.45) is 0 Å². The number of alkyl halides is 1. The van der Waals surface area contributed by atoms with Crippen LogP contribution in [0, 0.1) is 5.82 Å². The van der Waals surface area contributed by atoms with E-state index in [9.17, 15) is 18.4 Å². The topological polar surface area (TPSA) is 71.8 Å². The Morgan fingerprint density at radius 3 is 2.58 bits per heavy atom. The third-order valence-electron chi connectivity index (χ3n) is 5.08. The number of rotatable bonds is 4. The van der Waals surface area contributed by atoms with Gasteiger partial charge in [-0.25, -0.2) is 13.6 Å². The number of halogens is 3. The minimum Gasteiger partial charge on any atom is -0.458 e. The predicted octanol–water partition coefficient (Wildman–Crippen LogP) is 5.71. The number of carbonyl (C=O) groups excluding carboxylic acids is 2. The maximum Gasteiger partial charge on any atom is 0.408 e. The van der Waals surface area contributed by atoms with Crippen molar-refractivity contribution in [1.29, 1.82) is 0 Å². The molecule has 1 fully saturated rings. The number of amides is 2. The number of ether oxygens (including phenoxy) is 1. The molecule has 1 aromatic heterocycles. The molecule has 6 nitrogen and oxygen atoms in total. The number of benzene rings is 2. The van der Waals surface area contributed by atoms with E-state index < -0.39 is 29.6 Å². The van der Waals surface area contributed by atoms with E-state index in [1.807, 2.05) is 0 Å². The highest BCUT2D eigenvalue weighted by atomic mass is 35.5. The number of furan rings is 1. The first-order valence-electron chi connectivity index (χ1n) is 10.4. The SMILES string of the molecule is CC(C)(C)OC(=O)NCc1cc2cc(-c3ccc(C(=O)N4CC(F)C4)cc3F)cc(Cl)c2o1. The van der Waals surface area contributed by atoms with Gasteiger partial charge >= 0.3 is 6.09 Å². The number of hydrogen-bond donors (Lipinski definition) is 1. The second-order valence-corrected chi connectivity index (χ2v) is 9.35. The summed E-state index contributed by atoms with van der Waals surface area (Å²) in [5.74, 6) is -0.541. The van der Waals surface area contributed by atoms with Crippen LogP contribution in [-0.2, 0) is 11.3 Å². The molecule has 0 bridgehead atoms. The molecular weight excluding hydrogens is 454 g/mol. The zero-order valence-electron chi connectivity index (χ0n) is 18.4. The lowest BCUT2D eigenvalue weighted by molar-refractivity contribution is 0.0399. The summed E-state index contributed by atoms with van der Waals surface area (Å²) < 4.78 is 38.8. The van der Waals surface area contributed by atoms with Crippen LogP contribution in [-0.4, -0.2) is 41.8 Å². The zero-order valence-corrected chi connectivity index (χ0v) is 19.1. The molecule has 1 N–H and O–H groups in total. The lowest BCUT2D eigenvalue weighted by Gasteiger charge is -2.34. The van der Waals surface area contributed by atoms with Crippen LogP contribution in [0.2, 0.25) is 5.02 Å². The van der Waals surface area contributed by atoms with Gasteiger partial charge in [0.2, 0.25) is 0 Å². The summed E-state index contributed by atoms with van der Waals surface area (Å²) in [6.07, 6.45) is -1.60. The van der Waals surface area contributed by atoms with E-state index in [1.165, 1.54) is 17.0 Å². The van der Waals surface area contributed by atoms with E-state index in [2.05, 4.69) is 5.32 Å². The molecule has 4 rings (SSSR count). The van der Waals surface area contributed by atoms with Crippen molar-refractivity contribution in [3.8, 4) is 11.1 Å². The van der Waals surface area contributed by atoms with Gasteiger partial charge in [-0.05, 0) is 56.7 Å². The number of nitrogens with zero attached hydrogens (tertiary/aromatic N) is 1. The van der Waals surface area contributed by atoms with Gasteiger partial charge in [0.15, 0.2) is 5.58 Å². The highest BCUT2D eigenvalue weighted by molar-refractivity contribution is 6.35. The molecule has 9 heteroatoms. The van der Waals surface area contributed by atoms with Crippen molar-refractivity contribution in [3.05, 3.63) is 58.6 Å². The van der Waals surface area contributed by atoms with Crippen LogP contribution in [0.4, 0.5) is 13.6 Å². The van der Waals surface area contributed by atoms with Crippen LogP contribution in [0.5, 0.6) is 0 Å². The van der Waals surface area contributed by atoms with Crippen molar-refractivity contribution in [2.45, 2.75) is 39.1 Å². The predicted molar refractivity (Wildman–Crippen MR) is 120 cm³/mol. The molecule has 2 heterocycles. The molecule has 0 atom stereocenters. The molecule has 0 aliphatic carbocycles. The lowest BCUT2D eigenvalue weighted by Crippen LogP contribution is -2.51. The van der Waals surface area contributed by atoms with E-state index in [1.54, 1.807) is 39.0 Å². The molecular formula is C24H23ClF2N2O4. The van der Waals surface area contributed by atoms with Crippen LogP contribution >= 0.6 is 11.6 Å². The molecule has 174 valence electrons. The molecule has 3 aromatic rings. The average molecular weight is 477 g/mol. The van der Waals surface area contributed by atoms with Gasteiger partial charge < -0.3 is 19.4 Å². The number of hydrogen-bond acceptors (Lipinski definition) is 4. The summed E-state index contributed by atoms with van der Waals surface area (Å²) in [6, 6.07) is 9.14. The third kappa shape index (κ3) is 5.11. The molecule has 1 saturated heterocycles. The first-order chi connectivity index (χ1) is 15.5. The van der Waals surface area contributed by atoms with Gasteiger partial charge in [0.1, 0.15) is 23.4 Å². The second-order valence-electron chi connectivity index (χ2n) is 8.95. The van der Waals surface area contributed by atoms with Crippen LogP contribution in [0.1, 0.15) is 36.9 Å². The number of nitrogens with one attached hydrogen (secondary N) is 1. The Hall–Kier alpha value is -3.13. The summed E-state index contributed by atoms with van der Waals surface area (Å²) in [6.45, 7) is 5.44. The highest BCUT2D eigenvalue weighted by Gasteiger charge is 2.31. The van der Waals surface area contributed by atoms with E-state index in [0.717, 1.165) is 6.07 Å². The van der Waals surface area contributed by atoms with Crippen LogP contribution < -0.4 is 5.32 Å². The molecule has 2 aromatic carbocycles. The number of fused-ring (bicyclic) bond motifs is 1. The molecule has 33 heavy (non-hydrogen) atoms. The monoisotopic (exact) mass is 476 g/mol. The third-order valence-corrected chi connectivity index (χ3v) is 5.36. The Labute approximate surface area is 194 Å². The van der Waals surface area contributed by atoms with Crippen LogP contribution in [0.15, 0.2) is 40.8 Å². The number of alkyl carbamates (subject to hydrolysis) is 1. The summed E-state index contributed by atoms with van der Waals surface area (Å²) in [5.41, 5.74) is 0.716. The molecule has 2 amide bonds. The average Bonchev–Trinajstić information content (AvgIpc) is 3.12. The van der Waals surface area contributed by atoms with Gasteiger partial charge in [-0.2, -0.15) is 0 Å². The molecule has 0 unspecified atom stereocenters. The molecule has 0 spiro atoms. The molecule has 0 saturated carbocycles. The van der Waals surface area contributed by atoms with Gasteiger partial charge in [0.25, 0.3) is 5.91 Å². The van der Waals surface area contributed by atoms with Crippen molar-refractivity contribution in [2.75, 3.05) is 13.1 Å². The Bertz CT molecular complexity index is 1230. The smallest absolute Gasteiger partial charge is 0.408 e. The first-order valence-corrected chi connectivity index (χ1v) is 10.8. The van der Waals surface area contributed by atoms with Gasteiger partial charge in [-0.3, -0.25) is 4.79 Å². The van der Waals surface area contributed by atoms with Gasteiger partial charge in [-0.1, -0.05) is 17.7 Å². The Balaban J connectivity index is 1.54. The van der Waals surface area contributed by atoms with E-state index in [-0.39, 0.29) is 35.8 Å². The van der Waals surface area contributed by atoms with Gasteiger partial charge in [-0.15, -0.1) is 0 Å². The quantitative estimate of drug-likeness (QED) is 0.523. The standard InChI is InChI=1S/C24H23ClF2N2O4/c1-24(2,3)33-23(31)28-10-17-7-15-6-14(8-19(25)21(15)32-17)18-5-4-13(9-20(18)27)22(30)29-11-16(26)12-29/h4-9,16H,10-12H2,1-3H3,(H,28,31). The van der Waals surface area contributed by atoms with Crippen molar-refractivity contribution in [3.63, 3.8) is 0 Å².